The van der Waals surface area contributed by atoms with E-state index in [0.29, 0.717) is 5.92 Å². The molecule has 0 amide bonds. The van der Waals surface area contributed by atoms with Crippen LogP contribution in [0.1, 0.15) is 45.9 Å². The summed E-state index contributed by atoms with van der Waals surface area (Å²) in [6.45, 7) is 9.40. The lowest BCUT2D eigenvalue weighted by atomic mass is 9.90. The molecule has 1 saturated heterocycles. The van der Waals surface area contributed by atoms with Gasteiger partial charge in [-0.05, 0) is 31.7 Å². The summed E-state index contributed by atoms with van der Waals surface area (Å²) in [6.07, 6.45) is 3.35. The Bertz CT molecular complexity index is 376. The number of nitrogens with one attached hydrogen (secondary N) is 1. The molecule has 0 aliphatic carbocycles. The van der Waals surface area contributed by atoms with Gasteiger partial charge >= 0.3 is 0 Å². The molecule has 1 aromatic heterocycles. The van der Waals surface area contributed by atoms with Crippen LogP contribution in [0.3, 0.4) is 0 Å². The average Bonchev–Trinajstić information content (AvgIpc) is 2.89. The lowest BCUT2D eigenvalue weighted by molar-refractivity contribution is 0.411. The van der Waals surface area contributed by atoms with Crippen molar-refractivity contribution in [2.45, 2.75) is 45.4 Å². The molecule has 5 heteroatoms. The molecule has 0 atom stereocenters. The normalized spacial score (nSPS) is 18.3. The van der Waals surface area contributed by atoms with Gasteiger partial charge in [0.05, 0.1) is 0 Å². The van der Waals surface area contributed by atoms with Crippen LogP contribution in [0, 0.1) is 5.92 Å². The van der Waals surface area contributed by atoms with Gasteiger partial charge in [-0.3, -0.25) is 5.10 Å². The number of H-pyrrole nitrogens is 1. The molecule has 1 aliphatic rings. The van der Waals surface area contributed by atoms with Gasteiger partial charge in [-0.1, -0.05) is 20.8 Å². The first-order chi connectivity index (χ1) is 8.56. The van der Waals surface area contributed by atoms with Crippen molar-refractivity contribution < 1.29 is 0 Å². The van der Waals surface area contributed by atoms with Crippen LogP contribution >= 0.6 is 0 Å². The average molecular weight is 251 g/mol. The van der Waals surface area contributed by atoms with Crippen LogP contribution in [-0.4, -0.2) is 34.8 Å². The third-order valence-electron chi connectivity index (χ3n) is 4.23. The van der Waals surface area contributed by atoms with Crippen LogP contribution in [0.4, 0.5) is 5.95 Å². The van der Waals surface area contributed by atoms with E-state index in [2.05, 4.69) is 40.9 Å². The molecule has 1 aliphatic heterocycles. The fourth-order valence-electron chi connectivity index (χ4n) is 2.23. The van der Waals surface area contributed by atoms with E-state index >= 15 is 0 Å². The molecular formula is C13H25N5. The molecule has 3 N–H and O–H groups in total. The highest BCUT2D eigenvalue weighted by atomic mass is 15.4. The van der Waals surface area contributed by atoms with E-state index in [0.717, 1.165) is 50.7 Å². The molecule has 5 nitrogen and oxygen atoms in total. The fraction of sp³-hybridized carbons (Fsp3) is 0.846. The zero-order chi connectivity index (χ0) is 13.2. The Morgan fingerprint density at radius 1 is 1.39 bits per heavy atom. The summed E-state index contributed by atoms with van der Waals surface area (Å²) in [4.78, 5) is 6.92. The minimum Gasteiger partial charge on any atom is -0.340 e. The third kappa shape index (κ3) is 2.66. The summed E-state index contributed by atoms with van der Waals surface area (Å²) in [7, 11) is 0. The van der Waals surface area contributed by atoms with Gasteiger partial charge in [-0.15, -0.1) is 5.10 Å². The van der Waals surface area contributed by atoms with Crippen LogP contribution in [0.2, 0.25) is 0 Å². The van der Waals surface area contributed by atoms with Gasteiger partial charge in [0.15, 0.2) is 0 Å². The first kappa shape index (κ1) is 13.3. The summed E-state index contributed by atoms with van der Waals surface area (Å²) < 4.78 is 0. The SMILES string of the molecule is CCC(C)(C)c1nc(N2CCC(CN)CC2)n[nH]1. The van der Waals surface area contributed by atoms with Crippen LogP contribution in [0.25, 0.3) is 0 Å². The van der Waals surface area contributed by atoms with Gasteiger partial charge in [-0.2, -0.15) is 4.98 Å². The van der Waals surface area contributed by atoms with E-state index in [1.54, 1.807) is 0 Å². The molecule has 0 spiro atoms. The van der Waals surface area contributed by atoms with Gasteiger partial charge < -0.3 is 10.6 Å². The Labute approximate surface area is 109 Å². The van der Waals surface area contributed by atoms with Crippen molar-refractivity contribution >= 4 is 5.95 Å². The largest absolute Gasteiger partial charge is 0.340 e. The minimum atomic E-state index is 0.0703. The van der Waals surface area contributed by atoms with Crippen LogP contribution in [0.5, 0.6) is 0 Å². The first-order valence-corrected chi connectivity index (χ1v) is 6.94. The Hall–Kier alpha value is -1.10. The van der Waals surface area contributed by atoms with Gasteiger partial charge in [0.1, 0.15) is 5.82 Å². The van der Waals surface area contributed by atoms with E-state index in [1.165, 1.54) is 0 Å². The summed E-state index contributed by atoms with van der Waals surface area (Å²) in [5.41, 5.74) is 5.78. The van der Waals surface area contributed by atoms with Crippen LogP contribution < -0.4 is 10.6 Å². The molecule has 2 rings (SSSR count). The molecule has 2 heterocycles. The second-order valence-electron chi connectivity index (χ2n) is 5.89. The number of rotatable bonds is 4. The highest BCUT2D eigenvalue weighted by molar-refractivity contribution is 5.30. The van der Waals surface area contributed by atoms with Crippen molar-refractivity contribution in [3.8, 4) is 0 Å². The molecule has 0 bridgehead atoms. The summed E-state index contributed by atoms with van der Waals surface area (Å²) in [6, 6.07) is 0. The minimum absolute atomic E-state index is 0.0703. The molecular weight excluding hydrogens is 226 g/mol. The maximum atomic E-state index is 5.71. The van der Waals surface area contributed by atoms with Crippen molar-refractivity contribution in [1.82, 2.24) is 15.2 Å². The standard InChI is InChI=1S/C13H25N5/c1-4-13(2,3)11-15-12(17-16-11)18-7-5-10(9-14)6-8-18/h10H,4-9,14H2,1-3H3,(H,15,16,17). The Morgan fingerprint density at radius 2 is 2.06 bits per heavy atom. The first-order valence-electron chi connectivity index (χ1n) is 6.94. The quantitative estimate of drug-likeness (QED) is 0.854. The van der Waals surface area contributed by atoms with Gasteiger partial charge in [0.25, 0.3) is 0 Å². The molecule has 18 heavy (non-hydrogen) atoms. The number of hydrogen-bond acceptors (Lipinski definition) is 4. The zero-order valence-corrected chi connectivity index (χ0v) is 11.7. The molecule has 0 aromatic carbocycles. The molecule has 0 radical (unpaired) electrons. The smallest absolute Gasteiger partial charge is 0.244 e. The number of aromatic nitrogens is 3. The second-order valence-corrected chi connectivity index (χ2v) is 5.89. The number of nitrogens with two attached hydrogens (primary N) is 1. The van der Waals surface area contributed by atoms with Crippen molar-refractivity contribution in [2.75, 3.05) is 24.5 Å². The van der Waals surface area contributed by atoms with Crippen molar-refractivity contribution in [3.63, 3.8) is 0 Å². The van der Waals surface area contributed by atoms with Crippen molar-refractivity contribution in [2.24, 2.45) is 11.7 Å². The highest BCUT2D eigenvalue weighted by Gasteiger charge is 2.25. The summed E-state index contributed by atoms with van der Waals surface area (Å²) in [5, 5.41) is 7.46. The van der Waals surface area contributed by atoms with Gasteiger partial charge in [0, 0.05) is 18.5 Å². The van der Waals surface area contributed by atoms with E-state index in [1.807, 2.05) is 0 Å². The van der Waals surface area contributed by atoms with Crippen LogP contribution in [-0.2, 0) is 5.41 Å². The van der Waals surface area contributed by atoms with Crippen molar-refractivity contribution in [1.29, 1.82) is 0 Å². The topological polar surface area (TPSA) is 70.8 Å². The maximum absolute atomic E-state index is 5.71. The molecule has 1 aromatic rings. The summed E-state index contributed by atoms with van der Waals surface area (Å²) >= 11 is 0. The lowest BCUT2D eigenvalue weighted by Gasteiger charge is -2.30. The number of piperidine rings is 1. The van der Waals surface area contributed by atoms with E-state index in [4.69, 9.17) is 5.73 Å². The van der Waals surface area contributed by atoms with Crippen molar-refractivity contribution in [3.05, 3.63) is 5.82 Å². The Balaban J connectivity index is 2.03. The maximum Gasteiger partial charge on any atom is 0.244 e. The molecule has 0 unspecified atom stereocenters. The lowest BCUT2D eigenvalue weighted by Crippen LogP contribution is -2.36. The number of hydrogen-bond donors (Lipinski definition) is 2. The van der Waals surface area contributed by atoms with Gasteiger partial charge in [-0.25, -0.2) is 0 Å². The highest BCUT2D eigenvalue weighted by Crippen LogP contribution is 2.26. The second kappa shape index (κ2) is 5.26. The van der Waals surface area contributed by atoms with E-state index in [9.17, 15) is 0 Å². The van der Waals surface area contributed by atoms with Crippen LogP contribution in [0.15, 0.2) is 0 Å². The monoisotopic (exact) mass is 251 g/mol. The predicted molar refractivity (Wildman–Crippen MR) is 73.7 cm³/mol. The van der Waals surface area contributed by atoms with E-state index in [-0.39, 0.29) is 5.41 Å². The predicted octanol–water partition coefficient (Wildman–Crippen LogP) is 1.67. The number of nitrogens with zero attached hydrogens (tertiary/aromatic N) is 3. The van der Waals surface area contributed by atoms with E-state index < -0.39 is 0 Å². The number of anilines is 1. The molecule has 102 valence electrons. The molecule has 0 saturated carbocycles. The fourth-order valence-corrected chi connectivity index (χ4v) is 2.23. The molecule has 1 fully saturated rings. The van der Waals surface area contributed by atoms with Gasteiger partial charge in [0.2, 0.25) is 5.95 Å². The number of aromatic amines is 1. The Morgan fingerprint density at radius 3 is 2.61 bits per heavy atom. The third-order valence-corrected chi connectivity index (χ3v) is 4.23. The Kier molecular flexibility index (Phi) is 3.90. The zero-order valence-electron chi connectivity index (χ0n) is 11.7. The summed E-state index contributed by atoms with van der Waals surface area (Å²) in [5.74, 6) is 2.51.